The lowest BCUT2D eigenvalue weighted by Crippen LogP contribution is -2.32. The van der Waals surface area contributed by atoms with E-state index in [1.807, 2.05) is 17.0 Å². The molecule has 1 aliphatic heterocycles. The van der Waals surface area contributed by atoms with Crippen molar-refractivity contribution in [3.8, 4) is 0 Å². The number of fused-ring (bicyclic) bond motifs is 1. The van der Waals surface area contributed by atoms with Crippen LogP contribution in [0.3, 0.4) is 0 Å². The zero-order valence-corrected chi connectivity index (χ0v) is 11.2. The summed E-state index contributed by atoms with van der Waals surface area (Å²) in [4.78, 5) is 13.9. The van der Waals surface area contributed by atoms with E-state index in [1.165, 1.54) is 10.9 Å². The molecule has 1 saturated heterocycles. The smallest absolute Gasteiger partial charge is 0.321 e. The summed E-state index contributed by atoms with van der Waals surface area (Å²) in [5.41, 5.74) is 2.04. The van der Waals surface area contributed by atoms with Gasteiger partial charge in [0.1, 0.15) is 0 Å². The van der Waals surface area contributed by atoms with E-state index in [4.69, 9.17) is 0 Å². The fourth-order valence-electron chi connectivity index (χ4n) is 2.66. The van der Waals surface area contributed by atoms with Gasteiger partial charge in [0.2, 0.25) is 0 Å². The van der Waals surface area contributed by atoms with E-state index in [9.17, 15) is 4.79 Å². The minimum absolute atomic E-state index is 0.0199. The molecule has 2 aromatic rings. The van der Waals surface area contributed by atoms with Crippen molar-refractivity contribution in [1.82, 2.24) is 9.47 Å². The molecule has 1 N–H and O–H groups in total. The number of hydrogen-bond acceptors (Lipinski definition) is 1. The largest absolute Gasteiger partial charge is 0.348 e. The Morgan fingerprint density at radius 2 is 2.05 bits per heavy atom. The highest BCUT2D eigenvalue weighted by Gasteiger charge is 2.17. The molecule has 0 aliphatic carbocycles. The minimum atomic E-state index is 0.0199. The van der Waals surface area contributed by atoms with Crippen molar-refractivity contribution in [2.75, 3.05) is 18.4 Å². The van der Waals surface area contributed by atoms with Crippen molar-refractivity contribution in [2.24, 2.45) is 0 Å². The Bertz CT molecular complexity index is 596. The monoisotopic (exact) mass is 257 g/mol. The second-order valence-electron chi connectivity index (χ2n) is 5.00. The minimum Gasteiger partial charge on any atom is -0.348 e. The van der Waals surface area contributed by atoms with Gasteiger partial charge in [-0.15, -0.1) is 0 Å². The van der Waals surface area contributed by atoms with E-state index in [0.717, 1.165) is 38.2 Å². The highest BCUT2D eigenvalue weighted by molar-refractivity contribution is 5.93. The highest BCUT2D eigenvalue weighted by atomic mass is 16.2. The second-order valence-corrected chi connectivity index (χ2v) is 5.00. The molecule has 1 aromatic heterocycles. The van der Waals surface area contributed by atoms with Crippen LogP contribution in [0.1, 0.15) is 19.8 Å². The lowest BCUT2D eigenvalue weighted by Gasteiger charge is -2.16. The third kappa shape index (κ3) is 2.30. The molecule has 0 spiro atoms. The molecule has 100 valence electrons. The molecular weight excluding hydrogens is 238 g/mol. The van der Waals surface area contributed by atoms with E-state index < -0.39 is 0 Å². The maximum Gasteiger partial charge on any atom is 0.321 e. The molecule has 1 aliphatic rings. The van der Waals surface area contributed by atoms with Crippen LogP contribution in [0.15, 0.2) is 30.5 Å². The van der Waals surface area contributed by atoms with Gasteiger partial charge in [0.15, 0.2) is 0 Å². The molecule has 3 rings (SSSR count). The van der Waals surface area contributed by atoms with Gasteiger partial charge in [-0.05, 0) is 43.4 Å². The number of anilines is 1. The number of nitrogens with zero attached hydrogens (tertiary/aromatic N) is 2. The highest BCUT2D eigenvalue weighted by Crippen LogP contribution is 2.21. The number of nitrogens with one attached hydrogen (secondary N) is 1. The van der Waals surface area contributed by atoms with Crippen LogP contribution >= 0.6 is 0 Å². The number of aryl methyl sites for hydroxylation is 1. The standard InChI is InChI=1S/C15H19N3O/c1-2-17-10-7-12-5-6-13(11-14(12)17)16-15(19)18-8-3-4-9-18/h5-7,10-11H,2-4,8-9H2,1H3,(H,16,19). The predicted molar refractivity (Wildman–Crippen MR) is 77.4 cm³/mol. The van der Waals surface area contributed by atoms with Crippen molar-refractivity contribution in [3.05, 3.63) is 30.5 Å². The summed E-state index contributed by atoms with van der Waals surface area (Å²) in [7, 11) is 0. The van der Waals surface area contributed by atoms with Gasteiger partial charge in [-0.3, -0.25) is 0 Å². The van der Waals surface area contributed by atoms with Crippen LogP contribution in [-0.4, -0.2) is 28.6 Å². The number of carbonyl (C=O) groups is 1. The topological polar surface area (TPSA) is 37.3 Å². The van der Waals surface area contributed by atoms with E-state index in [-0.39, 0.29) is 6.03 Å². The summed E-state index contributed by atoms with van der Waals surface area (Å²) >= 11 is 0. The van der Waals surface area contributed by atoms with Crippen molar-refractivity contribution >= 4 is 22.6 Å². The van der Waals surface area contributed by atoms with Crippen LogP contribution in [0.2, 0.25) is 0 Å². The first-order valence-corrected chi connectivity index (χ1v) is 6.93. The van der Waals surface area contributed by atoms with Crippen LogP contribution in [-0.2, 0) is 6.54 Å². The van der Waals surface area contributed by atoms with E-state index in [1.54, 1.807) is 0 Å². The number of hydrogen-bond donors (Lipinski definition) is 1. The van der Waals surface area contributed by atoms with Gasteiger partial charge in [-0.2, -0.15) is 0 Å². The Morgan fingerprint density at radius 1 is 1.26 bits per heavy atom. The third-order valence-electron chi connectivity index (χ3n) is 3.76. The summed E-state index contributed by atoms with van der Waals surface area (Å²) in [5, 5.41) is 4.20. The average molecular weight is 257 g/mol. The van der Waals surface area contributed by atoms with E-state index in [0.29, 0.717) is 0 Å². The van der Waals surface area contributed by atoms with Gasteiger partial charge in [0, 0.05) is 31.5 Å². The summed E-state index contributed by atoms with van der Waals surface area (Å²) in [5.74, 6) is 0. The Kier molecular flexibility index (Phi) is 3.15. The van der Waals surface area contributed by atoms with E-state index in [2.05, 4.69) is 35.1 Å². The van der Waals surface area contributed by atoms with Crippen molar-refractivity contribution < 1.29 is 4.79 Å². The van der Waals surface area contributed by atoms with Crippen LogP contribution < -0.4 is 5.32 Å². The number of benzene rings is 1. The van der Waals surface area contributed by atoms with Crippen LogP contribution in [0.5, 0.6) is 0 Å². The molecule has 0 bridgehead atoms. The Labute approximate surface area is 113 Å². The Morgan fingerprint density at radius 3 is 2.79 bits per heavy atom. The molecule has 0 saturated carbocycles. The van der Waals surface area contributed by atoms with Crippen molar-refractivity contribution in [1.29, 1.82) is 0 Å². The first kappa shape index (κ1) is 12.1. The van der Waals surface area contributed by atoms with Gasteiger partial charge in [0.25, 0.3) is 0 Å². The molecule has 1 fully saturated rings. The SMILES string of the molecule is CCn1ccc2ccc(NC(=O)N3CCCC3)cc21. The summed E-state index contributed by atoms with van der Waals surface area (Å²) in [6.07, 6.45) is 4.31. The zero-order chi connectivity index (χ0) is 13.2. The second kappa shape index (κ2) is 4.96. The summed E-state index contributed by atoms with van der Waals surface area (Å²) in [6, 6.07) is 8.20. The first-order chi connectivity index (χ1) is 9.28. The van der Waals surface area contributed by atoms with Gasteiger partial charge >= 0.3 is 6.03 Å². The van der Waals surface area contributed by atoms with Crippen molar-refractivity contribution in [2.45, 2.75) is 26.3 Å². The zero-order valence-electron chi connectivity index (χ0n) is 11.2. The maximum absolute atomic E-state index is 12.1. The van der Waals surface area contributed by atoms with Crippen molar-refractivity contribution in [3.63, 3.8) is 0 Å². The van der Waals surface area contributed by atoms with E-state index >= 15 is 0 Å². The fourth-order valence-corrected chi connectivity index (χ4v) is 2.66. The van der Waals surface area contributed by atoms with Gasteiger partial charge in [-0.1, -0.05) is 6.07 Å². The first-order valence-electron chi connectivity index (χ1n) is 6.93. The molecule has 4 heteroatoms. The fraction of sp³-hybridized carbons (Fsp3) is 0.400. The molecular formula is C15H19N3O. The van der Waals surface area contributed by atoms with Gasteiger partial charge < -0.3 is 14.8 Å². The number of amides is 2. The number of rotatable bonds is 2. The van der Waals surface area contributed by atoms with Crippen LogP contribution in [0.25, 0.3) is 10.9 Å². The Balaban J connectivity index is 1.82. The Hall–Kier alpha value is -1.97. The number of carbonyl (C=O) groups excluding carboxylic acids is 1. The number of urea groups is 1. The summed E-state index contributed by atoms with van der Waals surface area (Å²) in [6.45, 7) is 4.81. The molecule has 4 nitrogen and oxygen atoms in total. The summed E-state index contributed by atoms with van der Waals surface area (Å²) < 4.78 is 2.18. The predicted octanol–water partition coefficient (Wildman–Crippen LogP) is 3.29. The molecule has 2 amide bonds. The molecule has 0 atom stereocenters. The molecule has 0 unspecified atom stereocenters. The number of aromatic nitrogens is 1. The van der Waals surface area contributed by atoms with Crippen LogP contribution in [0, 0.1) is 0 Å². The average Bonchev–Trinajstić information content (AvgIpc) is 3.07. The lowest BCUT2D eigenvalue weighted by atomic mass is 10.2. The van der Waals surface area contributed by atoms with Gasteiger partial charge in [0.05, 0.1) is 5.52 Å². The normalized spacial score (nSPS) is 15.1. The lowest BCUT2D eigenvalue weighted by molar-refractivity contribution is 0.222. The molecule has 0 radical (unpaired) electrons. The molecule has 2 heterocycles. The third-order valence-corrected chi connectivity index (χ3v) is 3.76. The number of likely N-dealkylation sites (tertiary alicyclic amines) is 1. The quantitative estimate of drug-likeness (QED) is 0.880. The van der Waals surface area contributed by atoms with Gasteiger partial charge in [-0.25, -0.2) is 4.79 Å². The maximum atomic E-state index is 12.1. The van der Waals surface area contributed by atoms with Crippen LogP contribution in [0.4, 0.5) is 10.5 Å². The molecule has 19 heavy (non-hydrogen) atoms. The molecule has 1 aromatic carbocycles.